The van der Waals surface area contributed by atoms with E-state index >= 15 is 0 Å². The predicted molar refractivity (Wildman–Crippen MR) is 121 cm³/mol. The summed E-state index contributed by atoms with van der Waals surface area (Å²) in [6.45, 7) is 1.78. The number of carbonyl (C=O) groups is 2. The highest BCUT2D eigenvalue weighted by Gasteiger charge is 2.63. The summed E-state index contributed by atoms with van der Waals surface area (Å²) in [6, 6.07) is 7.90. The van der Waals surface area contributed by atoms with Crippen LogP contribution in [0.5, 0.6) is 11.5 Å². The van der Waals surface area contributed by atoms with E-state index in [1.54, 1.807) is 6.07 Å². The second-order valence-electron chi connectivity index (χ2n) is 8.13. The Hall–Kier alpha value is -3.77. The Kier molecular flexibility index (Phi) is 8.03. The lowest BCUT2D eigenvalue weighted by atomic mass is 9.89. The van der Waals surface area contributed by atoms with Crippen LogP contribution in [0.15, 0.2) is 41.5 Å². The second-order valence-corrected chi connectivity index (χ2v) is 8.13. The van der Waals surface area contributed by atoms with Crippen molar-refractivity contribution >= 4 is 23.2 Å². The Bertz CT molecular complexity index is 1200. The molecule has 0 radical (unpaired) electrons. The Labute approximate surface area is 208 Å². The molecule has 2 amide bonds. The van der Waals surface area contributed by atoms with Gasteiger partial charge >= 0.3 is 18.0 Å². The van der Waals surface area contributed by atoms with Gasteiger partial charge in [0.15, 0.2) is 11.5 Å². The molecule has 0 spiro atoms. The molecule has 1 heterocycles. The maximum atomic E-state index is 14.8. The largest absolute Gasteiger partial charge is 0.494 e. The van der Waals surface area contributed by atoms with Crippen molar-refractivity contribution in [3.8, 4) is 11.5 Å². The Morgan fingerprint density at radius 2 is 1.73 bits per heavy atom. The molecule has 3 rings (SSSR count). The number of alkyl halides is 5. The van der Waals surface area contributed by atoms with E-state index in [9.17, 15) is 35.9 Å². The van der Waals surface area contributed by atoms with Crippen LogP contribution in [0.3, 0.4) is 0 Å². The van der Waals surface area contributed by atoms with E-state index in [2.05, 4.69) is 5.10 Å². The van der Waals surface area contributed by atoms with Crippen LogP contribution in [0.4, 0.5) is 32.0 Å². The molecule has 1 atom stereocenters. The van der Waals surface area contributed by atoms with Crippen LogP contribution >= 0.6 is 0 Å². The highest BCUT2D eigenvalue weighted by Crippen LogP contribution is 2.37. The molecule has 2 aromatic rings. The van der Waals surface area contributed by atoms with Gasteiger partial charge in [-0.1, -0.05) is 19.1 Å². The molecule has 1 aliphatic heterocycles. The minimum atomic E-state index is -6.03. The molecule has 0 aromatic heterocycles. The fourth-order valence-electron chi connectivity index (χ4n) is 3.72. The zero-order valence-corrected chi connectivity index (χ0v) is 20.0. The standard InChI is InChI=1S/C24H23F6N3O4/c1-4-14-11-18(34)33(32-20(14)16-9-10-17(36-2)19(25)21(16)37-3)12-13-5-7-15(8-6-13)31-22(35)23(26,27)24(28,29)30/h5-10,14H,4,11-12H2,1-3H3,(H,31,35). The molecule has 0 aliphatic carbocycles. The number of nitrogens with zero attached hydrogens (tertiary/aromatic N) is 2. The van der Waals surface area contributed by atoms with Crippen molar-refractivity contribution in [1.29, 1.82) is 0 Å². The molecule has 1 unspecified atom stereocenters. The summed E-state index contributed by atoms with van der Waals surface area (Å²) in [5, 5.41) is 7.10. The van der Waals surface area contributed by atoms with Gasteiger partial charge in [-0.25, -0.2) is 5.01 Å². The molecular weight excluding hydrogens is 508 g/mol. The van der Waals surface area contributed by atoms with E-state index in [0.29, 0.717) is 23.3 Å². The molecule has 13 heteroatoms. The van der Waals surface area contributed by atoms with E-state index in [-0.39, 0.29) is 42.0 Å². The number of methoxy groups -OCH3 is 2. The lowest BCUT2D eigenvalue weighted by Crippen LogP contribution is -2.47. The van der Waals surface area contributed by atoms with Crippen LogP contribution in [-0.4, -0.2) is 48.9 Å². The maximum Gasteiger partial charge on any atom is 0.463 e. The molecule has 0 saturated heterocycles. The van der Waals surface area contributed by atoms with Gasteiger partial charge in [-0.15, -0.1) is 0 Å². The van der Waals surface area contributed by atoms with Crippen LogP contribution < -0.4 is 14.8 Å². The Morgan fingerprint density at radius 1 is 1.08 bits per heavy atom. The molecule has 1 N–H and O–H groups in total. The van der Waals surface area contributed by atoms with Crippen LogP contribution in [0.25, 0.3) is 0 Å². The van der Waals surface area contributed by atoms with Gasteiger partial charge in [0, 0.05) is 23.6 Å². The van der Waals surface area contributed by atoms with E-state index in [0.717, 1.165) is 17.1 Å². The fourth-order valence-corrected chi connectivity index (χ4v) is 3.72. The Balaban J connectivity index is 1.85. The second kappa shape index (κ2) is 10.7. The number of benzene rings is 2. The van der Waals surface area contributed by atoms with E-state index in [1.165, 1.54) is 37.7 Å². The third-order valence-corrected chi connectivity index (χ3v) is 5.76. The molecule has 2 aromatic carbocycles. The number of nitrogens with one attached hydrogen (secondary N) is 1. The van der Waals surface area contributed by atoms with Crippen LogP contribution in [0, 0.1) is 11.7 Å². The summed E-state index contributed by atoms with van der Waals surface area (Å²) in [5.41, 5.74) is 0.906. The summed E-state index contributed by atoms with van der Waals surface area (Å²) < 4.78 is 88.4. The lowest BCUT2D eigenvalue weighted by Gasteiger charge is -2.30. The zero-order chi connectivity index (χ0) is 27.5. The molecular formula is C24H23F6N3O4. The van der Waals surface area contributed by atoms with Gasteiger partial charge in [0.25, 0.3) is 0 Å². The smallest absolute Gasteiger partial charge is 0.463 e. The van der Waals surface area contributed by atoms with Crippen molar-refractivity contribution in [2.75, 3.05) is 19.5 Å². The fraction of sp³-hybridized carbons (Fsp3) is 0.375. The zero-order valence-electron chi connectivity index (χ0n) is 20.0. The van der Waals surface area contributed by atoms with Crippen molar-refractivity contribution < 1.29 is 45.4 Å². The van der Waals surface area contributed by atoms with Crippen LogP contribution in [-0.2, 0) is 16.1 Å². The molecule has 37 heavy (non-hydrogen) atoms. The normalized spacial score (nSPS) is 16.4. The minimum absolute atomic E-state index is 0.0295. The third-order valence-electron chi connectivity index (χ3n) is 5.76. The summed E-state index contributed by atoms with van der Waals surface area (Å²) in [4.78, 5) is 24.1. The number of hydrazone groups is 1. The van der Waals surface area contributed by atoms with Gasteiger partial charge in [-0.3, -0.25) is 9.59 Å². The quantitative estimate of drug-likeness (QED) is 0.479. The van der Waals surface area contributed by atoms with E-state index in [4.69, 9.17) is 9.47 Å². The molecule has 0 bridgehead atoms. The summed E-state index contributed by atoms with van der Waals surface area (Å²) in [7, 11) is 2.60. The molecule has 0 saturated carbocycles. The number of rotatable bonds is 8. The summed E-state index contributed by atoms with van der Waals surface area (Å²) in [5.74, 6) is -9.57. The van der Waals surface area contributed by atoms with Gasteiger partial charge in [-0.05, 0) is 36.2 Å². The molecule has 0 fully saturated rings. The van der Waals surface area contributed by atoms with Crippen molar-refractivity contribution in [2.24, 2.45) is 11.0 Å². The number of carbonyl (C=O) groups excluding carboxylic acids is 2. The first kappa shape index (κ1) is 27.8. The third kappa shape index (κ3) is 5.65. The number of amides is 2. The highest BCUT2D eigenvalue weighted by molar-refractivity contribution is 6.07. The van der Waals surface area contributed by atoms with E-state index < -0.39 is 23.8 Å². The molecule has 1 aliphatic rings. The van der Waals surface area contributed by atoms with Gasteiger partial charge in [0.2, 0.25) is 11.7 Å². The predicted octanol–water partition coefficient (Wildman–Crippen LogP) is 5.14. The van der Waals surface area contributed by atoms with Gasteiger partial charge in [0.05, 0.1) is 26.5 Å². The number of hydrogen-bond donors (Lipinski definition) is 1. The first-order valence-corrected chi connectivity index (χ1v) is 11.0. The SMILES string of the molecule is CCC1CC(=O)N(Cc2ccc(NC(=O)C(F)(F)C(F)(F)F)cc2)N=C1c1ccc(OC)c(F)c1OC. The van der Waals surface area contributed by atoms with Crippen molar-refractivity contribution in [2.45, 2.75) is 38.4 Å². The van der Waals surface area contributed by atoms with Crippen LogP contribution in [0.1, 0.15) is 30.9 Å². The summed E-state index contributed by atoms with van der Waals surface area (Å²) in [6.07, 6.45) is -5.42. The topological polar surface area (TPSA) is 80.2 Å². The first-order valence-electron chi connectivity index (χ1n) is 11.0. The minimum Gasteiger partial charge on any atom is -0.494 e. The Morgan fingerprint density at radius 3 is 2.27 bits per heavy atom. The average molecular weight is 531 g/mol. The monoisotopic (exact) mass is 531 g/mol. The first-order chi connectivity index (χ1) is 17.3. The number of halogens is 6. The van der Waals surface area contributed by atoms with E-state index in [1.807, 2.05) is 6.92 Å². The van der Waals surface area contributed by atoms with Gasteiger partial charge in [-0.2, -0.15) is 31.4 Å². The van der Waals surface area contributed by atoms with Gasteiger partial charge < -0.3 is 14.8 Å². The van der Waals surface area contributed by atoms with Crippen molar-refractivity contribution in [1.82, 2.24) is 5.01 Å². The van der Waals surface area contributed by atoms with Crippen LogP contribution in [0.2, 0.25) is 0 Å². The lowest BCUT2D eigenvalue weighted by molar-refractivity contribution is -0.267. The summed E-state index contributed by atoms with van der Waals surface area (Å²) >= 11 is 0. The van der Waals surface area contributed by atoms with Gasteiger partial charge in [0.1, 0.15) is 0 Å². The van der Waals surface area contributed by atoms with Crippen molar-refractivity contribution in [3.63, 3.8) is 0 Å². The molecule has 7 nitrogen and oxygen atoms in total. The number of hydrogen-bond acceptors (Lipinski definition) is 5. The number of ether oxygens (including phenoxy) is 2. The number of anilines is 1. The molecule has 200 valence electrons. The highest BCUT2D eigenvalue weighted by atomic mass is 19.4. The average Bonchev–Trinajstić information content (AvgIpc) is 2.85. The maximum absolute atomic E-state index is 14.8. The van der Waals surface area contributed by atoms with Crippen molar-refractivity contribution in [3.05, 3.63) is 53.3 Å².